The van der Waals surface area contributed by atoms with Crippen LogP contribution in [0.15, 0.2) is 6.07 Å². The first-order valence-electron chi connectivity index (χ1n) is 3.16. The summed E-state index contributed by atoms with van der Waals surface area (Å²) in [6.07, 6.45) is -2.67. The first kappa shape index (κ1) is 9.19. The molecule has 1 aromatic rings. The molecule has 0 atom stereocenters. The number of nitrogens with zero attached hydrogens (tertiary/aromatic N) is 1. The van der Waals surface area contributed by atoms with E-state index < -0.39 is 12.1 Å². The van der Waals surface area contributed by atoms with Gasteiger partial charge in [0.15, 0.2) is 5.75 Å². The highest BCUT2D eigenvalue weighted by Gasteiger charge is 2.13. The maximum absolute atomic E-state index is 12.1. The standard InChI is InChI=1S/C7H6ClF2NO/c1-3-6(12)4(8)2-5(11-3)7(9)10/h2,7,12H,1H3. The van der Waals surface area contributed by atoms with E-state index in [1.165, 1.54) is 6.92 Å². The van der Waals surface area contributed by atoms with Gasteiger partial charge in [-0.05, 0) is 13.0 Å². The molecule has 0 aliphatic carbocycles. The van der Waals surface area contributed by atoms with Gasteiger partial charge in [-0.1, -0.05) is 11.6 Å². The fraction of sp³-hybridized carbons (Fsp3) is 0.286. The molecule has 0 fully saturated rings. The van der Waals surface area contributed by atoms with E-state index in [1.807, 2.05) is 0 Å². The zero-order valence-electron chi connectivity index (χ0n) is 6.18. The van der Waals surface area contributed by atoms with E-state index in [1.54, 1.807) is 0 Å². The molecule has 0 saturated heterocycles. The van der Waals surface area contributed by atoms with Gasteiger partial charge in [0.1, 0.15) is 5.69 Å². The summed E-state index contributed by atoms with van der Waals surface area (Å²) in [7, 11) is 0. The highest BCUT2D eigenvalue weighted by atomic mass is 35.5. The van der Waals surface area contributed by atoms with Gasteiger partial charge in [0, 0.05) is 0 Å². The maximum atomic E-state index is 12.1. The van der Waals surface area contributed by atoms with Crippen LogP contribution in [0.4, 0.5) is 8.78 Å². The Balaban J connectivity index is 3.21. The van der Waals surface area contributed by atoms with Crippen LogP contribution in [-0.4, -0.2) is 10.1 Å². The molecule has 1 rings (SSSR count). The molecule has 1 aromatic heterocycles. The second-order valence-electron chi connectivity index (χ2n) is 2.26. The first-order valence-corrected chi connectivity index (χ1v) is 3.54. The molecule has 5 heteroatoms. The smallest absolute Gasteiger partial charge is 0.280 e. The molecule has 2 nitrogen and oxygen atoms in total. The highest BCUT2D eigenvalue weighted by Crippen LogP contribution is 2.29. The summed E-state index contributed by atoms with van der Waals surface area (Å²) in [6, 6.07) is 0.953. The first-order chi connectivity index (χ1) is 5.52. The summed E-state index contributed by atoms with van der Waals surface area (Å²) in [5.74, 6) is -0.249. The van der Waals surface area contributed by atoms with Crippen molar-refractivity contribution < 1.29 is 13.9 Å². The van der Waals surface area contributed by atoms with Crippen LogP contribution in [-0.2, 0) is 0 Å². The Morgan fingerprint density at radius 3 is 2.58 bits per heavy atom. The second-order valence-corrected chi connectivity index (χ2v) is 2.67. The fourth-order valence-corrected chi connectivity index (χ4v) is 1.01. The van der Waals surface area contributed by atoms with E-state index in [2.05, 4.69) is 4.98 Å². The summed E-state index contributed by atoms with van der Waals surface area (Å²) in [5.41, 5.74) is -0.312. The van der Waals surface area contributed by atoms with Crippen LogP contribution in [0.25, 0.3) is 0 Å². The third kappa shape index (κ3) is 1.64. The van der Waals surface area contributed by atoms with Gasteiger partial charge < -0.3 is 5.11 Å². The quantitative estimate of drug-likeness (QED) is 0.744. The van der Waals surface area contributed by atoms with Crippen LogP contribution in [0.5, 0.6) is 5.75 Å². The van der Waals surface area contributed by atoms with Crippen molar-refractivity contribution >= 4 is 11.6 Å². The minimum Gasteiger partial charge on any atom is -0.505 e. The molecule has 12 heavy (non-hydrogen) atoms. The van der Waals surface area contributed by atoms with E-state index in [-0.39, 0.29) is 16.5 Å². The van der Waals surface area contributed by atoms with Crippen molar-refractivity contribution in [2.45, 2.75) is 13.3 Å². The van der Waals surface area contributed by atoms with E-state index in [4.69, 9.17) is 16.7 Å². The number of pyridine rings is 1. The SMILES string of the molecule is Cc1nc(C(F)F)cc(Cl)c1O. The van der Waals surface area contributed by atoms with E-state index in [9.17, 15) is 8.78 Å². The third-order valence-electron chi connectivity index (χ3n) is 1.36. The van der Waals surface area contributed by atoms with Gasteiger partial charge in [0.25, 0.3) is 6.43 Å². The van der Waals surface area contributed by atoms with Gasteiger partial charge in [-0.25, -0.2) is 13.8 Å². The lowest BCUT2D eigenvalue weighted by Crippen LogP contribution is -1.93. The van der Waals surface area contributed by atoms with Gasteiger partial charge >= 0.3 is 0 Å². The molecule has 0 amide bonds. The molecular weight excluding hydrogens is 188 g/mol. The molecule has 66 valence electrons. The monoisotopic (exact) mass is 193 g/mol. The summed E-state index contributed by atoms with van der Waals surface area (Å²) < 4.78 is 24.1. The maximum Gasteiger partial charge on any atom is 0.280 e. The number of alkyl halides is 2. The largest absolute Gasteiger partial charge is 0.505 e. The summed E-state index contributed by atoms with van der Waals surface area (Å²) in [4.78, 5) is 3.45. The molecule has 0 spiro atoms. The lowest BCUT2D eigenvalue weighted by atomic mass is 10.3. The number of hydrogen-bond donors (Lipinski definition) is 1. The average molecular weight is 194 g/mol. The fourth-order valence-electron chi connectivity index (χ4n) is 0.762. The van der Waals surface area contributed by atoms with Crippen molar-refractivity contribution in [3.8, 4) is 5.75 Å². The Kier molecular flexibility index (Phi) is 2.47. The van der Waals surface area contributed by atoms with Gasteiger partial charge in [0.05, 0.1) is 10.7 Å². The molecular formula is C7H6ClF2NO. The molecule has 0 radical (unpaired) electrons. The van der Waals surface area contributed by atoms with Crippen LogP contribution in [0, 0.1) is 6.92 Å². The van der Waals surface area contributed by atoms with Gasteiger partial charge in [-0.3, -0.25) is 0 Å². The molecule has 0 aliphatic rings. The predicted octanol–water partition coefficient (Wildman–Crippen LogP) is 2.69. The molecule has 0 bridgehead atoms. The second kappa shape index (κ2) is 3.23. The zero-order valence-corrected chi connectivity index (χ0v) is 6.94. The van der Waals surface area contributed by atoms with Crippen molar-refractivity contribution in [1.82, 2.24) is 4.98 Å². The Labute approximate surface area is 72.8 Å². The number of rotatable bonds is 1. The van der Waals surface area contributed by atoms with E-state index in [0.29, 0.717) is 0 Å². The van der Waals surface area contributed by atoms with Crippen molar-refractivity contribution in [3.05, 3.63) is 22.5 Å². The lowest BCUT2D eigenvalue weighted by Gasteiger charge is -2.03. The molecule has 1 heterocycles. The van der Waals surface area contributed by atoms with Crippen molar-refractivity contribution in [1.29, 1.82) is 0 Å². The van der Waals surface area contributed by atoms with Crippen molar-refractivity contribution in [2.24, 2.45) is 0 Å². The number of hydrogen-bond acceptors (Lipinski definition) is 2. The summed E-state index contributed by atoms with van der Waals surface area (Å²) >= 11 is 5.44. The van der Waals surface area contributed by atoms with Crippen LogP contribution in [0.2, 0.25) is 5.02 Å². The lowest BCUT2D eigenvalue weighted by molar-refractivity contribution is 0.145. The third-order valence-corrected chi connectivity index (χ3v) is 1.65. The van der Waals surface area contributed by atoms with Gasteiger partial charge in [-0.15, -0.1) is 0 Å². The highest BCUT2D eigenvalue weighted by molar-refractivity contribution is 6.32. The Morgan fingerprint density at radius 1 is 1.58 bits per heavy atom. The number of aromatic hydroxyl groups is 1. The van der Waals surface area contributed by atoms with Crippen LogP contribution >= 0.6 is 11.6 Å². The summed E-state index contributed by atoms with van der Waals surface area (Å²) in [5, 5.41) is 8.97. The van der Waals surface area contributed by atoms with Crippen molar-refractivity contribution in [2.75, 3.05) is 0 Å². The van der Waals surface area contributed by atoms with Crippen LogP contribution in [0.1, 0.15) is 17.8 Å². The van der Waals surface area contributed by atoms with Crippen LogP contribution in [0.3, 0.4) is 0 Å². The topological polar surface area (TPSA) is 33.1 Å². The number of aromatic nitrogens is 1. The average Bonchev–Trinajstić information content (AvgIpc) is 1.99. The number of aryl methyl sites for hydroxylation is 1. The van der Waals surface area contributed by atoms with Crippen molar-refractivity contribution in [3.63, 3.8) is 0 Å². The zero-order chi connectivity index (χ0) is 9.30. The minimum absolute atomic E-state index is 0.0993. The molecule has 0 aliphatic heterocycles. The summed E-state index contributed by atoms with van der Waals surface area (Å²) in [6.45, 7) is 1.41. The number of halogens is 3. The molecule has 0 aromatic carbocycles. The predicted molar refractivity (Wildman–Crippen MR) is 40.6 cm³/mol. The molecule has 0 unspecified atom stereocenters. The van der Waals surface area contributed by atoms with E-state index >= 15 is 0 Å². The van der Waals surface area contributed by atoms with E-state index in [0.717, 1.165) is 6.07 Å². The Hall–Kier alpha value is -0.900. The molecule has 1 N–H and O–H groups in total. The minimum atomic E-state index is -2.67. The van der Waals surface area contributed by atoms with Gasteiger partial charge in [0.2, 0.25) is 0 Å². The Morgan fingerprint density at radius 2 is 2.17 bits per heavy atom. The Bertz CT molecular complexity index is 280. The molecule has 0 saturated carbocycles. The normalized spacial score (nSPS) is 10.8. The van der Waals surface area contributed by atoms with Crippen LogP contribution < -0.4 is 0 Å². The van der Waals surface area contributed by atoms with Gasteiger partial charge in [-0.2, -0.15) is 0 Å².